The number of rotatable bonds is 10. The van der Waals surface area contributed by atoms with Crippen molar-refractivity contribution in [2.75, 3.05) is 0 Å². The smallest absolute Gasteiger partial charge is 0.164 e. The van der Waals surface area contributed by atoms with Gasteiger partial charge in [0, 0.05) is 55.5 Å². The largest absolute Gasteiger partial charge is 0.227 e. The SMILES string of the molecule is c1ccc(-c2nc(-c3ccccc3)nc(-c3ccc(-c4nc(-c5ccc(-c6nc(-c7ccccc7)nc(-c7ccccc7)n6)cc5)c5cc(-c6ccc7ccc8cccc9ccc6c7c89)cc(-c6ccc7ccc8cccc9ccc6c7c89)c5n4)cc3)n2)cc1. The molecule has 15 aromatic carbocycles. The topological polar surface area (TPSA) is 103 Å². The van der Waals surface area contributed by atoms with Crippen molar-refractivity contribution in [1.82, 2.24) is 39.9 Å². The second-order valence-electron chi connectivity index (χ2n) is 23.0. The van der Waals surface area contributed by atoms with E-state index < -0.39 is 0 Å². The van der Waals surface area contributed by atoms with Crippen molar-refractivity contribution in [2.45, 2.75) is 0 Å². The zero-order valence-corrected chi connectivity index (χ0v) is 48.3. The molecule has 90 heavy (non-hydrogen) atoms. The van der Waals surface area contributed by atoms with E-state index in [9.17, 15) is 0 Å². The third-order valence-electron chi connectivity index (χ3n) is 17.7. The summed E-state index contributed by atoms with van der Waals surface area (Å²) in [5.41, 5.74) is 13.0. The average molecular weight is 1150 g/mol. The van der Waals surface area contributed by atoms with Crippen molar-refractivity contribution in [2.24, 2.45) is 0 Å². The first kappa shape index (κ1) is 51.0. The van der Waals surface area contributed by atoms with Gasteiger partial charge in [-0.2, -0.15) is 0 Å². The van der Waals surface area contributed by atoms with Crippen LogP contribution in [0.5, 0.6) is 0 Å². The third kappa shape index (κ3) is 8.60. The molecule has 0 spiro atoms. The number of nitrogens with zero attached hydrogens (tertiary/aromatic N) is 8. The van der Waals surface area contributed by atoms with Crippen LogP contribution in [0.1, 0.15) is 0 Å². The molecule has 18 aromatic rings. The Kier molecular flexibility index (Phi) is 11.7. The fourth-order valence-corrected chi connectivity index (χ4v) is 13.3. The van der Waals surface area contributed by atoms with Gasteiger partial charge >= 0.3 is 0 Å². The van der Waals surface area contributed by atoms with Crippen LogP contribution in [-0.2, 0) is 0 Å². The van der Waals surface area contributed by atoms with Gasteiger partial charge in [0.25, 0.3) is 0 Å². The van der Waals surface area contributed by atoms with Crippen LogP contribution >= 0.6 is 0 Å². The van der Waals surface area contributed by atoms with Gasteiger partial charge in [-0.1, -0.05) is 279 Å². The Morgan fingerprint density at radius 3 is 0.878 bits per heavy atom. The first-order valence-electron chi connectivity index (χ1n) is 30.2. The van der Waals surface area contributed by atoms with E-state index in [1.807, 2.05) is 121 Å². The van der Waals surface area contributed by atoms with E-state index in [-0.39, 0.29) is 0 Å². The van der Waals surface area contributed by atoms with E-state index in [4.69, 9.17) is 39.9 Å². The molecule has 0 aliphatic heterocycles. The van der Waals surface area contributed by atoms with E-state index in [0.717, 1.165) is 88.7 Å². The zero-order chi connectivity index (χ0) is 59.2. The normalized spacial score (nSPS) is 11.8. The van der Waals surface area contributed by atoms with Gasteiger partial charge in [0.1, 0.15) is 0 Å². The molecule has 0 radical (unpaired) electrons. The summed E-state index contributed by atoms with van der Waals surface area (Å²) in [5, 5.41) is 15.6. The number of fused-ring (bicyclic) bond motifs is 1. The molecule has 3 aromatic heterocycles. The zero-order valence-electron chi connectivity index (χ0n) is 48.3. The summed E-state index contributed by atoms with van der Waals surface area (Å²) in [4.78, 5) is 41.8. The predicted octanol–water partition coefficient (Wildman–Crippen LogP) is 20.5. The quantitative estimate of drug-likeness (QED) is 0.125. The fourth-order valence-electron chi connectivity index (χ4n) is 13.3. The van der Waals surface area contributed by atoms with Gasteiger partial charge in [-0.3, -0.25) is 0 Å². The first-order chi connectivity index (χ1) is 44.6. The lowest BCUT2D eigenvalue weighted by Gasteiger charge is -2.19. The van der Waals surface area contributed by atoms with Crippen LogP contribution in [0.4, 0.5) is 0 Å². The lowest BCUT2D eigenvalue weighted by molar-refractivity contribution is 1.07. The molecular weight excluding hydrogens is 1100 g/mol. The van der Waals surface area contributed by atoms with Gasteiger partial charge < -0.3 is 0 Å². The molecule has 0 unspecified atom stereocenters. The van der Waals surface area contributed by atoms with Crippen LogP contribution in [0, 0.1) is 0 Å². The number of hydrogen-bond acceptors (Lipinski definition) is 8. The minimum atomic E-state index is 0.565. The molecule has 0 saturated heterocycles. The lowest BCUT2D eigenvalue weighted by Crippen LogP contribution is -2.01. The second kappa shape index (κ2) is 20.7. The molecule has 0 bridgehead atoms. The van der Waals surface area contributed by atoms with Gasteiger partial charge in [-0.25, -0.2) is 39.9 Å². The molecule has 0 aliphatic rings. The van der Waals surface area contributed by atoms with Crippen molar-refractivity contribution in [3.05, 3.63) is 291 Å². The molecule has 0 amide bonds. The van der Waals surface area contributed by atoms with E-state index in [0.29, 0.717) is 40.8 Å². The van der Waals surface area contributed by atoms with Crippen molar-refractivity contribution in [1.29, 1.82) is 0 Å². The summed E-state index contributed by atoms with van der Waals surface area (Å²) in [6, 6.07) is 102. The van der Waals surface area contributed by atoms with Gasteiger partial charge in [0.2, 0.25) is 0 Å². The summed E-state index contributed by atoms with van der Waals surface area (Å²) in [6.45, 7) is 0. The predicted molar refractivity (Wildman–Crippen MR) is 368 cm³/mol. The summed E-state index contributed by atoms with van der Waals surface area (Å²) < 4.78 is 0. The molecule has 0 fully saturated rings. The molecule has 8 nitrogen and oxygen atoms in total. The number of aromatic nitrogens is 8. The van der Waals surface area contributed by atoms with Crippen LogP contribution in [0.25, 0.3) is 189 Å². The number of benzene rings is 15. The molecular formula is C82H48N8. The van der Waals surface area contributed by atoms with Gasteiger partial charge in [0.15, 0.2) is 40.8 Å². The maximum atomic E-state index is 5.75. The van der Waals surface area contributed by atoms with Gasteiger partial charge in [0.05, 0.1) is 11.2 Å². The van der Waals surface area contributed by atoms with Crippen molar-refractivity contribution in [3.63, 3.8) is 0 Å². The summed E-state index contributed by atoms with van der Waals surface area (Å²) in [7, 11) is 0. The van der Waals surface area contributed by atoms with Crippen LogP contribution in [0.15, 0.2) is 291 Å². The standard InChI is InChI=1S/C82H48N8/c1-5-15-56(16-6-1)77-85-78(57-17-7-2-8-18-57)88-81(87-77)61-33-31-55(32-34-61)74-69-48-63(64-43-39-53-29-27-49-23-13-25-51-41-45-66(64)72(53)70(49)51)47-68(65-44-40-54-30-28-50-24-14-26-52-42-46-67(65)73(54)71(50)52)75(69)84-76(83-74)60-35-37-62(38-36-60)82-89-79(58-19-9-3-10-20-58)86-80(90-82)59-21-11-4-12-22-59/h1-48H. The molecule has 0 N–H and O–H groups in total. The van der Waals surface area contributed by atoms with Crippen molar-refractivity contribution < 1.29 is 0 Å². The average Bonchev–Trinajstić information content (AvgIpc) is 0.768. The Morgan fingerprint density at radius 2 is 0.478 bits per heavy atom. The lowest BCUT2D eigenvalue weighted by atomic mass is 9.86. The van der Waals surface area contributed by atoms with Crippen LogP contribution < -0.4 is 0 Å². The van der Waals surface area contributed by atoms with E-state index in [1.54, 1.807) is 0 Å². The molecule has 3 heterocycles. The monoisotopic (exact) mass is 1140 g/mol. The minimum absolute atomic E-state index is 0.565. The highest BCUT2D eigenvalue weighted by atomic mass is 15.0. The fraction of sp³-hybridized carbons (Fsp3) is 0. The Morgan fingerprint density at radius 1 is 0.167 bits per heavy atom. The Labute approximate surface area is 516 Å². The molecule has 0 atom stereocenters. The second-order valence-corrected chi connectivity index (χ2v) is 23.0. The maximum absolute atomic E-state index is 5.75. The van der Waals surface area contributed by atoms with Gasteiger partial charge in [-0.15, -0.1) is 0 Å². The number of hydrogen-bond donors (Lipinski definition) is 0. The van der Waals surface area contributed by atoms with Crippen molar-refractivity contribution in [3.8, 4) is 113 Å². The van der Waals surface area contributed by atoms with Crippen LogP contribution in [0.3, 0.4) is 0 Å². The summed E-state index contributed by atoms with van der Waals surface area (Å²) >= 11 is 0. The summed E-state index contributed by atoms with van der Waals surface area (Å²) in [5.74, 6) is 4.11. The minimum Gasteiger partial charge on any atom is -0.227 e. The molecule has 18 rings (SSSR count). The first-order valence-corrected chi connectivity index (χ1v) is 30.2. The Hall–Kier alpha value is -12.3. The molecule has 0 saturated carbocycles. The van der Waals surface area contributed by atoms with E-state index in [1.165, 1.54) is 59.2 Å². The molecule has 416 valence electrons. The highest BCUT2D eigenvalue weighted by Crippen LogP contribution is 2.47. The van der Waals surface area contributed by atoms with Crippen LogP contribution in [0.2, 0.25) is 0 Å². The molecule has 0 aliphatic carbocycles. The van der Waals surface area contributed by atoms with Gasteiger partial charge in [-0.05, 0) is 93.5 Å². The third-order valence-corrected chi connectivity index (χ3v) is 17.7. The van der Waals surface area contributed by atoms with E-state index >= 15 is 0 Å². The molecule has 8 heteroatoms. The Balaban J connectivity index is 0.876. The van der Waals surface area contributed by atoms with Crippen LogP contribution in [-0.4, -0.2) is 39.9 Å². The van der Waals surface area contributed by atoms with E-state index in [2.05, 4.69) is 170 Å². The highest BCUT2D eigenvalue weighted by Gasteiger charge is 2.23. The Bertz CT molecular complexity index is 5660. The summed E-state index contributed by atoms with van der Waals surface area (Å²) in [6.07, 6.45) is 0. The van der Waals surface area contributed by atoms with Crippen molar-refractivity contribution >= 4 is 75.5 Å². The maximum Gasteiger partial charge on any atom is 0.164 e. The highest BCUT2D eigenvalue weighted by molar-refractivity contribution is 6.28.